The van der Waals surface area contributed by atoms with Crippen molar-refractivity contribution >= 4 is 39.4 Å². The molecule has 0 aliphatic carbocycles. The number of nitrogens with zero attached hydrogens (tertiary/aromatic N) is 1. The lowest BCUT2D eigenvalue weighted by molar-refractivity contribution is -0.107. The summed E-state index contributed by atoms with van der Waals surface area (Å²) in [6, 6.07) is 6.23. The first kappa shape index (κ1) is 17.3. The maximum absolute atomic E-state index is 11.6. The largest absolute Gasteiger partial charge is 0.467 e. The van der Waals surface area contributed by atoms with E-state index >= 15 is 0 Å². The molecule has 3 N–H and O–H groups in total. The number of benzene rings is 1. The van der Waals surface area contributed by atoms with Gasteiger partial charge in [-0.15, -0.1) is 0 Å². The van der Waals surface area contributed by atoms with Gasteiger partial charge in [-0.3, -0.25) is 4.79 Å². The number of nitrogens with two attached hydrogens (primary N) is 1. The van der Waals surface area contributed by atoms with Crippen molar-refractivity contribution in [3.8, 4) is 0 Å². The van der Waals surface area contributed by atoms with Crippen LogP contribution < -0.4 is 15.4 Å². The van der Waals surface area contributed by atoms with E-state index in [1.165, 1.54) is 17.0 Å². The van der Waals surface area contributed by atoms with E-state index in [0.717, 1.165) is 0 Å². The lowest BCUT2D eigenvalue weighted by Crippen LogP contribution is -2.23. The second-order valence-electron chi connectivity index (χ2n) is 4.67. The lowest BCUT2D eigenvalue weighted by Gasteiger charge is -2.21. The SMILES string of the molecule is CCN(C=O)c1cc(S(N)(=O)=O)c(Cl)cc1NCc1ccco1. The molecule has 23 heavy (non-hydrogen) atoms. The zero-order valence-electron chi connectivity index (χ0n) is 12.3. The average molecular weight is 358 g/mol. The number of carbonyl (C=O) groups excluding carboxylic acids is 1. The standard InChI is InChI=1S/C14H16ClN3O4S/c1-2-18(9-19)13-7-14(23(16,20)21)11(15)6-12(13)17-8-10-4-3-5-22-10/h3-7,9,17H,2,8H2,1H3,(H2,16,20,21). The molecule has 0 saturated carbocycles. The molecule has 1 heterocycles. The van der Waals surface area contributed by atoms with E-state index in [4.69, 9.17) is 21.2 Å². The van der Waals surface area contributed by atoms with E-state index in [0.29, 0.717) is 36.6 Å². The Labute approximate surface area is 139 Å². The van der Waals surface area contributed by atoms with Crippen LogP contribution in [0.2, 0.25) is 5.02 Å². The third-order valence-corrected chi connectivity index (χ3v) is 4.54. The number of hydrogen-bond acceptors (Lipinski definition) is 5. The fourth-order valence-corrected chi connectivity index (χ4v) is 3.13. The predicted octanol–water partition coefficient (Wildman–Crippen LogP) is 2.18. The number of primary sulfonamides is 1. The number of sulfonamides is 1. The van der Waals surface area contributed by atoms with Crippen LogP contribution in [-0.2, 0) is 21.4 Å². The van der Waals surface area contributed by atoms with Gasteiger partial charge in [0, 0.05) is 6.54 Å². The summed E-state index contributed by atoms with van der Waals surface area (Å²) in [4.78, 5) is 12.3. The molecule has 0 atom stereocenters. The first-order chi connectivity index (χ1) is 10.9. The molecular formula is C14H16ClN3O4S. The number of rotatable bonds is 7. The highest BCUT2D eigenvalue weighted by Crippen LogP contribution is 2.34. The maximum atomic E-state index is 11.6. The molecule has 0 saturated heterocycles. The summed E-state index contributed by atoms with van der Waals surface area (Å²) in [5.41, 5.74) is 0.857. The van der Waals surface area contributed by atoms with Crippen LogP contribution in [-0.4, -0.2) is 21.4 Å². The fourth-order valence-electron chi connectivity index (χ4n) is 2.04. The van der Waals surface area contributed by atoms with Crippen LogP contribution in [0.15, 0.2) is 39.8 Å². The molecule has 0 unspecified atom stereocenters. The van der Waals surface area contributed by atoms with Crippen molar-refractivity contribution in [2.24, 2.45) is 5.14 Å². The molecule has 0 spiro atoms. The summed E-state index contributed by atoms with van der Waals surface area (Å²) in [6.45, 7) is 2.46. The van der Waals surface area contributed by atoms with E-state index in [1.54, 1.807) is 25.3 Å². The molecule has 0 aliphatic rings. The van der Waals surface area contributed by atoms with Crippen LogP contribution in [0.5, 0.6) is 0 Å². The Morgan fingerprint density at radius 2 is 2.17 bits per heavy atom. The highest BCUT2D eigenvalue weighted by molar-refractivity contribution is 7.89. The Morgan fingerprint density at radius 3 is 2.70 bits per heavy atom. The zero-order chi connectivity index (χ0) is 17.0. The van der Waals surface area contributed by atoms with Gasteiger partial charge in [0.15, 0.2) is 0 Å². The predicted molar refractivity (Wildman–Crippen MR) is 87.9 cm³/mol. The normalized spacial score (nSPS) is 11.3. The molecule has 7 nitrogen and oxygen atoms in total. The molecular weight excluding hydrogens is 342 g/mol. The fraction of sp³-hybridized carbons (Fsp3) is 0.214. The van der Waals surface area contributed by atoms with Crippen molar-refractivity contribution in [3.05, 3.63) is 41.3 Å². The molecule has 1 aromatic heterocycles. The molecule has 0 radical (unpaired) electrons. The summed E-state index contributed by atoms with van der Waals surface area (Å²) in [7, 11) is -4.00. The average Bonchev–Trinajstić information content (AvgIpc) is 3.00. The Bertz CT molecular complexity index is 791. The van der Waals surface area contributed by atoms with Crippen molar-refractivity contribution in [1.82, 2.24) is 0 Å². The van der Waals surface area contributed by atoms with Crippen molar-refractivity contribution in [2.75, 3.05) is 16.8 Å². The van der Waals surface area contributed by atoms with Gasteiger partial charge in [-0.25, -0.2) is 13.6 Å². The molecule has 1 amide bonds. The molecule has 1 aromatic carbocycles. The van der Waals surface area contributed by atoms with Gasteiger partial charge in [0.1, 0.15) is 10.7 Å². The van der Waals surface area contributed by atoms with Crippen LogP contribution in [0.25, 0.3) is 0 Å². The summed E-state index contributed by atoms with van der Waals surface area (Å²) in [6.07, 6.45) is 2.15. The smallest absolute Gasteiger partial charge is 0.239 e. The number of anilines is 2. The quantitative estimate of drug-likeness (QED) is 0.739. The topological polar surface area (TPSA) is 106 Å². The Hall–Kier alpha value is -2.03. The van der Waals surface area contributed by atoms with E-state index in [2.05, 4.69) is 5.32 Å². The minimum atomic E-state index is -4.00. The lowest BCUT2D eigenvalue weighted by atomic mass is 10.2. The monoisotopic (exact) mass is 357 g/mol. The maximum Gasteiger partial charge on any atom is 0.239 e. The van der Waals surface area contributed by atoms with Gasteiger partial charge in [0.25, 0.3) is 0 Å². The van der Waals surface area contributed by atoms with Gasteiger partial charge < -0.3 is 14.6 Å². The molecule has 0 aliphatic heterocycles. The molecule has 0 bridgehead atoms. The number of amides is 1. The molecule has 124 valence electrons. The minimum absolute atomic E-state index is 0.0276. The Kier molecular flexibility index (Phi) is 5.30. The van der Waals surface area contributed by atoms with Crippen LogP contribution in [0.3, 0.4) is 0 Å². The molecule has 2 rings (SSSR count). The van der Waals surface area contributed by atoms with E-state index in [1.807, 2.05) is 0 Å². The second kappa shape index (κ2) is 7.03. The molecule has 0 fully saturated rings. The van der Waals surface area contributed by atoms with Gasteiger partial charge in [-0.05, 0) is 31.2 Å². The number of carbonyl (C=O) groups is 1. The summed E-state index contributed by atoms with van der Waals surface area (Å²) in [5.74, 6) is 0.678. The molecule has 2 aromatic rings. The minimum Gasteiger partial charge on any atom is -0.467 e. The van der Waals surface area contributed by atoms with Crippen molar-refractivity contribution in [2.45, 2.75) is 18.4 Å². The van der Waals surface area contributed by atoms with Crippen LogP contribution in [0.1, 0.15) is 12.7 Å². The van der Waals surface area contributed by atoms with E-state index in [-0.39, 0.29) is 9.92 Å². The van der Waals surface area contributed by atoms with Crippen LogP contribution >= 0.6 is 11.6 Å². The number of furan rings is 1. The number of hydrogen-bond donors (Lipinski definition) is 2. The molecule has 9 heteroatoms. The van der Waals surface area contributed by atoms with Gasteiger partial charge >= 0.3 is 0 Å². The van der Waals surface area contributed by atoms with Gasteiger partial charge in [0.05, 0.1) is 29.2 Å². The number of nitrogens with one attached hydrogen (secondary N) is 1. The van der Waals surface area contributed by atoms with Gasteiger partial charge in [0.2, 0.25) is 16.4 Å². The Morgan fingerprint density at radius 1 is 1.43 bits per heavy atom. The Balaban J connectivity index is 2.46. The number of halogens is 1. The van der Waals surface area contributed by atoms with Crippen molar-refractivity contribution in [1.29, 1.82) is 0 Å². The second-order valence-corrected chi connectivity index (χ2v) is 6.61. The van der Waals surface area contributed by atoms with Gasteiger partial charge in [-0.2, -0.15) is 0 Å². The van der Waals surface area contributed by atoms with E-state index < -0.39 is 10.0 Å². The van der Waals surface area contributed by atoms with Gasteiger partial charge in [-0.1, -0.05) is 11.6 Å². The third-order valence-electron chi connectivity index (χ3n) is 3.17. The van der Waals surface area contributed by atoms with Crippen molar-refractivity contribution in [3.63, 3.8) is 0 Å². The summed E-state index contributed by atoms with van der Waals surface area (Å²) >= 11 is 6.01. The zero-order valence-corrected chi connectivity index (χ0v) is 13.9. The van der Waals surface area contributed by atoms with E-state index in [9.17, 15) is 13.2 Å². The first-order valence-electron chi connectivity index (χ1n) is 6.71. The summed E-state index contributed by atoms with van der Waals surface area (Å²) < 4.78 is 28.4. The third kappa shape index (κ3) is 4.04. The first-order valence-corrected chi connectivity index (χ1v) is 8.63. The van der Waals surface area contributed by atoms with Crippen LogP contribution in [0.4, 0.5) is 11.4 Å². The summed E-state index contributed by atoms with van der Waals surface area (Å²) in [5, 5.41) is 8.20. The highest BCUT2D eigenvalue weighted by Gasteiger charge is 2.19. The highest BCUT2D eigenvalue weighted by atomic mass is 35.5. The van der Waals surface area contributed by atoms with Crippen molar-refractivity contribution < 1.29 is 17.6 Å². The van der Waals surface area contributed by atoms with Crippen LogP contribution in [0, 0.1) is 0 Å².